The number of furan rings is 1. The van der Waals surface area contributed by atoms with Crippen molar-refractivity contribution in [3.05, 3.63) is 70.3 Å². The van der Waals surface area contributed by atoms with E-state index in [9.17, 15) is 19.2 Å². The summed E-state index contributed by atoms with van der Waals surface area (Å²) < 4.78 is 31.4. The van der Waals surface area contributed by atoms with Crippen molar-refractivity contribution in [3.8, 4) is 17.2 Å². The Labute approximate surface area is 334 Å². The Morgan fingerprint density at radius 2 is 1.41 bits per heavy atom. The van der Waals surface area contributed by atoms with Crippen LogP contribution in [0.2, 0.25) is 0 Å². The Kier molecular flexibility index (Phi) is 9.55. The van der Waals surface area contributed by atoms with Gasteiger partial charge in [0.25, 0.3) is 5.91 Å². The van der Waals surface area contributed by atoms with Crippen molar-refractivity contribution in [2.45, 2.75) is 63.5 Å². The average molecular weight is 790 g/mol. The van der Waals surface area contributed by atoms with Gasteiger partial charge in [-0.15, -0.1) is 0 Å². The molecule has 2 atom stereocenters. The van der Waals surface area contributed by atoms with Crippen LogP contribution >= 0.6 is 0 Å². The second-order valence-corrected chi connectivity index (χ2v) is 16.7. The number of piperidine rings is 2. The third-order valence-corrected chi connectivity index (χ3v) is 12.7. The van der Waals surface area contributed by atoms with E-state index in [1.54, 1.807) is 15.7 Å². The lowest BCUT2D eigenvalue weighted by Gasteiger charge is -2.29. The number of amides is 3. The standard InChI is InChI=1S/C44H48FN7O6/c45-33-19-31-40-43(41(33)50-17-11-27(22-50)46-38(53)25-48-13-5-1-6-14-48)58-37-20-30-29-9-3-4-10-35(29)57-36(30)21-34(37)52(40)24-32(42(31)55)44(56)51-18-12-28(23-51)47-39(54)26-49-15-7-2-8-16-49/h3-4,9-10,19-21,24,27-28H,1-2,5-8,11-18,22-23,25-26H2,(H,46,53)(H,47,54)/t27-,28-/m1/s1. The summed E-state index contributed by atoms with van der Waals surface area (Å²) in [4.78, 5) is 62.4. The number of benzene rings is 3. The molecule has 302 valence electrons. The number of anilines is 1. The predicted molar refractivity (Wildman–Crippen MR) is 219 cm³/mol. The van der Waals surface area contributed by atoms with Crippen LogP contribution in [-0.4, -0.2) is 115 Å². The van der Waals surface area contributed by atoms with Crippen molar-refractivity contribution in [3.63, 3.8) is 0 Å². The highest BCUT2D eigenvalue weighted by atomic mass is 19.1. The van der Waals surface area contributed by atoms with Crippen molar-refractivity contribution < 1.29 is 27.9 Å². The molecular weight excluding hydrogens is 742 g/mol. The molecular formula is C44H48FN7O6. The van der Waals surface area contributed by atoms with Crippen molar-refractivity contribution in [2.24, 2.45) is 0 Å². The molecule has 0 aliphatic carbocycles. The molecule has 0 saturated carbocycles. The lowest BCUT2D eigenvalue weighted by atomic mass is 10.0. The number of nitrogens with zero attached hydrogens (tertiary/aromatic N) is 5. The van der Waals surface area contributed by atoms with Gasteiger partial charge in [-0.1, -0.05) is 31.0 Å². The van der Waals surface area contributed by atoms with Crippen molar-refractivity contribution in [1.82, 2.24) is 29.9 Å². The second kappa shape index (κ2) is 15.0. The number of hydrogen-bond acceptors (Lipinski definition) is 9. The number of halogens is 1. The maximum atomic E-state index is 16.7. The summed E-state index contributed by atoms with van der Waals surface area (Å²) in [7, 11) is 0. The van der Waals surface area contributed by atoms with E-state index in [-0.39, 0.29) is 52.8 Å². The molecule has 58 heavy (non-hydrogen) atoms. The fourth-order valence-corrected chi connectivity index (χ4v) is 9.77. The summed E-state index contributed by atoms with van der Waals surface area (Å²) in [6.45, 7) is 5.81. The van der Waals surface area contributed by atoms with E-state index in [1.165, 1.54) is 18.9 Å². The molecule has 7 heterocycles. The average Bonchev–Trinajstić information content (AvgIpc) is 3.97. The largest absolute Gasteiger partial charge is 0.456 e. The van der Waals surface area contributed by atoms with Crippen molar-refractivity contribution >= 4 is 56.3 Å². The molecule has 2 N–H and O–H groups in total. The smallest absolute Gasteiger partial charge is 0.259 e. The maximum absolute atomic E-state index is 16.7. The van der Waals surface area contributed by atoms with Crippen molar-refractivity contribution in [1.29, 1.82) is 0 Å². The van der Waals surface area contributed by atoms with Gasteiger partial charge in [0.05, 0.1) is 24.2 Å². The number of aromatic nitrogens is 1. The predicted octanol–water partition coefficient (Wildman–Crippen LogP) is 5.13. The summed E-state index contributed by atoms with van der Waals surface area (Å²) in [6, 6.07) is 12.2. The van der Waals surface area contributed by atoms with Gasteiger partial charge < -0.3 is 34.2 Å². The molecule has 5 aliphatic heterocycles. The quantitative estimate of drug-likeness (QED) is 0.216. The third-order valence-electron chi connectivity index (χ3n) is 12.7. The van der Waals surface area contributed by atoms with E-state index >= 15 is 4.39 Å². The lowest BCUT2D eigenvalue weighted by Crippen LogP contribution is -2.45. The molecule has 13 nitrogen and oxygen atoms in total. The number of ether oxygens (including phenoxy) is 1. The Bertz CT molecular complexity index is 2520. The molecule has 5 aromatic rings. The minimum atomic E-state index is -0.646. The highest BCUT2D eigenvalue weighted by Gasteiger charge is 2.36. The van der Waals surface area contributed by atoms with Gasteiger partial charge in [-0.05, 0) is 82.9 Å². The fourth-order valence-electron chi connectivity index (χ4n) is 9.77. The Morgan fingerprint density at radius 3 is 2.14 bits per heavy atom. The van der Waals surface area contributed by atoms with Crippen LogP contribution in [0.4, 0.5) is 10.1 Å². The number of para-hydroxylation sites is 1. The van der Waals surface area contributed by atoms with Crippen LogP contribution in [0.1, 0.15) is 61.7 Å². The van der Waals surface area contributed by atoms with Crippen LogP contribution in [0, 0.1) is 5.82 Å². The zero-order chi connectivity index (χ0) is 39.5. The molecule has 2 aromatic heterocycles. The first-order chi connectivity index (χ1) is 28.3. The van der Waals surface area contributed by atoms with Crippen molar-refractivity contribution in [2.75, 3.05) is 70.3 Å². The van der Waals surface area contributed by atoms with Gasteiger partial charge in [0, 0.05) is 61.3 Å². The molecule has 4 fully saturated rings. The Morgan fingerprint density at radius 1 is 0.741 bits per heavy atom. The molecule has 5 aliphatic rings. The normalized spacial score (nSPS) is 21.1. The number of carbonyl (C=O) groups is 3. The molecule has 0 spiro atoms. The van der Waals surface area contributed by atoms with Gasteiger partial charge in [-0.2, -0.15) is 0 Å². The molecule has 3 amide bonds. The van der Waals surface area contributed by atoms with E-state index in [2.05, 4.69) is 20.4 Å². The van der Waals surface area contributed by atoms with Crippen LogP contribution < -0.4 is 25.7 Å². The number of hydrogen-bond donors (Lipinski definition) is 2. The van der Waals surface area contributed by atoms with Gasteiger partial charge in [0.2, 0.25) is 17.2 Å². The number of likely N-dealkylation sites (tertiary alicyclic amines) is 3. The number of carbonyl (C=O) groups excluding carboxylic acids is 3. The fraction of sp³-hybridized carbons (Fsp3) is 0.455. The van der Waals surface area contributed by atoms with Gasteiger partial charge >= 0.3 is 0 Å². The first-order valence-electron chi connectivity index (χ1n) is 20.9. The molecule has 10 rings (SSSR count). The maximum Gasteiger partial charge on any atom is 0.259 e. The number of rotatable bonds is 8. The van der Waals surface area contributed by atoms with E-state index < -0.39 is 17.2 Å². The van der Waals surface area contributed by atoms with E-state index in [0.717, 1.165) is 62.6 Å². The molecule has 0 radical (unpaired) electrons. The summed E-state index contributed by atoms with van der Waals surface area (Å²) in [5, 5.41) is 7.99. The summed E-state index contributed by atoms with van der Waals surface area (Å²) in [5.74, 6) is -0.616. The zero-order valence-electron chi connectivity index (χ0n) is 32.6. The van der Waals surface area contributed by atoms with E-state index in [4.69, 9.17) is 9.15 Å². The molecule has 14 heteroatoms. The SMILES string of the molecule is O=C(CN1CCCCC1)N[C@@H]1CCN(C(=O)c2cn3c4c(c(N5CC[C@@H](NC(=O)CN6CCCCC6)C5)c(F)cc4c2=O)Oc2cc4c(cc2-3)oc2ccccc24)C1. The number of nitrogens with one attached hydrogen (secondary N) is 2. The third kappa shape index (κ3) is 6.75. The van der Waals surface area contributed by atoms with E-state index in [1.807, 2.05) is 41.3 Å². The summed E-state index contributed by atoms with van der Waals surface area (Å²) in [5.41, 5.74) is 1.70. The van der Waals surface area contributed by atoms with Crippen LogP contribution in [0.25, 0.3) is 38.5 Å². The second-order valence-electron chi connectivity index (χ2n) is 16.7. The van der Waals surface area contributed by atoms with Gasteiger partial charge in [-0.3, -0.25) is 29.0 Å². The lowest BCUT2D eigenvalue weighted by molar-refractivity contribution is -0.123. The highest BCUT2D eigenvalue weighted by molar-refractivity contribution is 6.07. The van der Waals surface area contributed by atoms with Crippen LogP contribution in [0.15, 0.2) is 57.9 Å². The first-order valence-corrected chi connectivity index (χ1v) is 20.9. The number of fused-ring (bicyclic) bond motifs is 5. The Balaban J connectivity index is 0.985. The summed E-state index contributed by atoms with van der Waals surface area (Å²) >= 11 is 0. The first kappa shape index (κ1) is 36.8. The minimum absolute atomic E-state index is 0.0219. The highest BCUT2D eigenvalue weighted by Crippen LogP contribution is 2.49. The van der Waals surface area contributed by atoms with Crippen LogP contribution in [0.3, 0.4) is 0 Å². The molecule has 4 saturated heterocycles. The number of pyridine rings is 1. The van der Waals surface area contributed by atoms with Crippen LogP contribution in [-0.2, 0) is 9.59 Å². The summed E-state index contributed by atoms with van der Waals surface area (Å²) in [6.07, 6.45) is 9.48. The van der Waals surface area contributed by atoms with Gasteiger partial charge in [-0.25, -0.2) is 4.39 Å². The minimum Gasteiger partial charge on any atom is -0.456 e. The van der Waals surface area contributed by atoms with Gasteiger partial charge in [0.1, 0.15) is 27.9 Å². The molecule has 3 aromatic carbocycles. The topological polar surface area (TPSA) is 133 Å². The molecule has 0 unspecified atom stereocenters. The molecule has 0 bridgehead atoms. The monoisotopic (exact) mass is 789 g/mol. The Hall–Kier alpha value is -5.47. The zero-order valence-corrected chi connectivity index (χ0v) is 32.6. The van der Waals surface area contributed by atoms with Crippen LogP contribution in [0.5, 0.6) is 11.5 Å². The van der Waals surface area contributed by atoms with Gasteiger partial charge in [0.15, 0.2) is 17.3 Å². The van der Waals surface area contributed by atoms with E-state index in [0.29, 0.717) is 73.7 Å².